The van der Waals surface area contributed by atoms with Gasteiger partial charge in [0.2, 0.25) is 10.0 Å². The molecule has 6 nitrogen and oxygen atoms in total. The maximum atomic E-state index is 12.4. The van der Waals surface area contributed by atoms with E-state index in [9.17, 15) is 8.42 Å². The number of hydrogen-bond acceptors (Lipinski definition) is 5. The quantitative estimate of drug-likeness (QED) is 0.689. The fraction of sp³-hybridized carbons (Fsp3) is 1.00. The number of rotatable bonds is 8. The molecule has 0 spiro atoms. The number of hydrogen-bond donors (Lipinski definition) is 1. The van der Waals surface area contributed by atoms with Gasteiger partial charge in [0, 0.05) is 26.2 Å². The van der Waals surface area contributed by atoms with Gasteiger partial charge in [-0.25, -0.2) is 8.42 Å². The zero-order chi connectivity index (χ0) is 16.7. The van der Waals surface area contributed by atoms with Crippen LogP contribution in [0.5, 0.6) is 0 Å². The first-order chi connectivity index (χ1) is 11.0. The lowest BCUT2D eigenvalue weighted by Crippen LogP contribution is -2.48. The fourth-order valence-corrected chi connectivity index (χ4v) is 5.04. The Balaban J connectivity index is 1.63. The molecule has 7 heteroatoms. The highest BCUT2D eigenvalue weighted by Crippen LogP contribution is 2.21. The molecule has 23 heavy (non-hydrogen) atoms. The van der Waals surface area contributed by atoms with Crippen LogP contribution in [0.1, 0.15) is 32.1 Å². The van der Waals surface area contributed by atoms with Crippen LogP contribution in [0.2, 0.25) is 0 Å². The van der Waals surface area contributed by atoms with E-state index in [1.165, 1.54) is 19.3 Å². The molecule has 2 saturated heterocycles. The van der Waals surface area contributed by atoms with Gasteiger partial charge in [-0.3, -0.25) is 0 Å². The molecule has 2 heterocycles. The summed E-state index contributed by atoms with van der Waals surface area (Å²) in [5.74, 6) is 1.12. The lowest BCUT2D eigenvalue weighted by atomic mass is 9.92. The van der Waals surface area contributed by atoms with Gasteiger partial charge in [-0.2, -0.15) is 4.31 Å². The highest BCUT2D eigenvalue weighted by Gasteiger charge is 2.25. The van der Waals surface area contributed by atoms with E-state index < -0.39 is 10.0 Å². The molecule has 0 unspecified atom stereocenters. The number of piperidine rings is 1. The van der Waals surface area contributed by atoms with Crippen molar-refractivity contribution in [3.05, 3.63) is 0 Å². The first-order valence-electron chi connectivity index (χ1n) is 9.10. The third-order valence-corrected chi connectivity index (χ3v) is 7.21. The van der Waals surface area contributed by atoms with Crippen LogP contribution in [-0.2, 0) is 10.0 Å². The van der Waals surface area contributed by atoms with Crippen molar-refractivity contribution in [2.45, 2.75) is 32.1 Å². The molecule has 2 N–H and O–H groups in total. The molecule has 2 rings (SSSR count). The van der Waals surface area contributed by atoms with Gasteiger partial charge < -0.3 is 15.5 Å². The highest BCUT2D eigenvalue weighted by atomic mass is 32.2. The van der Waals surface area contributed by atoms with Crippen LogP contribution in [0.15, 0.2) is 0 Å². The van der Waals surface area contributed by atoms with Crippen LogP contribution < -0.4 is 5.73 Å². The molecular weight excluding hydrogens is 312 g/mol. The topological polar surface area (TPSA) is 69.9 Å². The van der Waals surface area contributed by atoms with Crippen LogP contribution in [0, 0.1) is 5.92 Å². The molecule has 0 amide bonds. The van der Waals surface area contributed by atoms with Gasteiger partial charge in [-0.1, -0.05) is 0 Å². The highest BCUT2D eigenvalue weighted by molar-refractivity contribution is 7.89. The lowest BCUT2D eigenvalue weighted by Gasteiger charge is -2.33. The number of nitrogens with two attached hydrogens (primary N) is 1. The maximum absolute atomic E-state index is 12.4. The predicted octanol–water partition coefficient (Wildman–Crippen LogP) is 0.405. The van der Waals surface area contributed by atoms with Crippen molar-refractivity contribution in [2.75, 3.05) is 65.2 Å². The van der Waals surface area contributed by atoms with Gasteiger partial charge in [-0.15, -0.1) is 0 Å². The Labute approximate surface area is 142 Å². The van der Waals surface area contributed by atoms with Crippen molar-refractivity contribution in [3.8, 4) is 0 Å². The zero-order valence-electron chi connectivity index (χ0n) is 14.6. The van der Waals surface area contributed by atoms with E-state index in [0.29, 0.717) is 18.8 Å². The van der Waals surface area contributed by atoms with Gasteiger partial charge >= 0.3 is 0 Å². The summed E-state index contributed by atoms with van der Waals surface area (Å²) in [6.45, 7) is 6.91. The Morgan fingerprint density at radius 2 is 1.65 bits per heavy atom. The molecule has 0 saturated carbocycles. The van der Waals surface area contributed by atoms with Crippen molar-refractivity contribution < 1.29 is 8.42 Å². The van der Waals surface area contributed by atoms with E-state index in [1.807, 2.05) is 7.05 Å². The molecule has 2 aliphatic heterocycles. The third kappa shape index (κ3) is 6.31. The number of likely N-dealkylation sites (N-methyl/N-ethyl adjacent to an activating group) is 1. The molecule has 2 aliphatic rings. The summed E-state index contributed by atoms with van der Waals surface area (Å²) in [6, 6.07) is 0. The first kappa shape index (κ1) is 19.1. The number of nitrogens with zero attached hydrogens (tertiary/aromatic N) is 3. The number of likely N-dealkylation sites (tertiary alicyclic amines) is 1. The smallest absolute Gasteiger partial charge is 0.214 e. The van der Waals surface area contributed by atoms with E-state index in [1.54, 1.807) is 4.31 Å². The summed E-state index contributed by atoms with van der Waals surface area (Å²) in [7, 11) is -1.02. The summed E-state index contributed by atoms with van der Waals surface area (Å²) in [5.41, 5.74) is 5.57. The predicted molar refractivity (Wildman–Crippen MR) is 94.9 cm³/mol. The molecule has 2 fully saturated rings. The van der Waals surface area contributed by atoms with Crippen LogP contribution in [-0.4, -0.2) is 87.7 Å². The summed E-state index contributed by atoms with van der Waals surface area (Å²) in [6.07, 6.45) is 5.62. The monoisotopic (exact) mass is 346 g/mol. The minimum absolute atomic E-state index is 0.295. The Morgan fingerprint density at radius 3 is 2.26 bits per heavy atom. The van der Waals surface area contributed by atoms with Crippen LogP contribution in [0.3, 0.4) is 0 Å². The zero-order valence-corrected chi connectivity index (χ0v) is 15.4. The van der Waals surface area contributed by atoms with Crippen LogP contribution in [0.25, 0.3) is 0 Å². The summed E-state index contributed by atoms with van der Waals surface area (Å²) >= 11 is 0. The van der Waals surface area contributed by atoms with Gasteiger partial charge in [-0.05, 0) is 71.2 Å². The van der Waals surface area contributed by atoms with E-state index in [0.717, 1.165) is 58.0 Å². The second kappa shape index (κ2) is 9.32. The molecule has 0 aromatic heterocycles. The van der Waals surface area contributed by atoms with Crippen molar-refractivity contribution in [1.82, 2.24) is 14.1 Å². The maximum Gasteiger partial charge on any atom is 0.214 e. The standard InChI is InChI=1S/C16H34N4O2S/c1-18-11-13-20(14-12-18)23(21,22)15-3-8-19-9-5-16(6-10-19)4-2-7-17/h16H,2-15,17H2,1H3. The Morgan fingerprint density at radius 1 is 1.00 bits per heavy atom. The molecule has 0 bridgehead atoms. The molecule has 136 valence electrons. The average molecular weight is 347 g/mol. The summed E-state index contributed by atoms with van der Waals surface area (Å²) in [4.78, 5) is 4.61. The van der Waals surface area contributed by atoms with Gasteiger partial charge in [0.05, 0.1) is 5.75 Å². The van der Waals surface area contributed by atoms with Crippen molar-refractivity contribution in [3.63, 3.8) is 0 Å². The van der Waals surface area contributed by atoms with Gasteiger partial charge in [0.25, 0.3) is 0 Å². The fourth-order valence-electron chi connectivity index (χ4n) is 3.57. The van der Waals surface area contributed by atoms with Gasteiger partial charge in [0.15, 0.2) is 0 Å². The minimum atomic E-state index is -3.06. The average Bonchev–Trinajstić information content (AvgIpc) is 2.54. The second-order valence-corrected chi connectivity index (χ2v) is 9.18. The Kier molecular flexibility index (Phi) is 7.75. The minimum Gasteiger partial charge on any atom is -0.330 e. The normalized spacial score (nSPS) is 23.4. The number of sulfonamides is 1. The summed E-state index contributed by atoms with van der Waals surface area (Å²) in [5, 5.41) is 0. The second-order valence-electron chi connectivity index (χ2n) is 7.09. The molecular formula is C16H34N4O2S. The molecule has 0 atom stereocenters. The van der Waals surface area contributed by atoms with Crippen molar-refractivity contribution in [1.29, 1.82) is 0 Å². The van der Waals surface area contributed by atoms with Crippen molar-refractivity contribution in [2.24, 2.45) is 11.7 Å². The Bertz CT molecular complexity index is 427. The Hall–Kier alpha value is -0.210. The molecule has 0 radical (unpaired) electrons. The van der Waals surface area contributed by atoms with E-state index >= 15 is 0 Å². The first-order valence-corrected chi connectivity index (χ1v) is 10.7. The lowest BCUT2D eigenvalue weighted by molar-refractivity contribution is 0.178. The summed E-state index contributed by atoms with van der Waals surface area (Å²) < 4.78 is 26.4. The SMILES string of the molecule is CN1CCN(S(=O)(=O)CCCN2CCC(CCCN)CC2)CC1. The number of piperazine rings is 1. The molecule has 0 aromatic carbocycles. The largest absolute Gasteiger partial charge is 0.330 e. The third-order valence-electron chi connectivity index (χ3n) is 5.26. The van der Waals surface area contributed by atoms with E-state index in [4.69, 9.17) is 5.73 Å². The van der Waals surface area contributed by atoms with Crippen LogP contribution >= 0.6 is 0 Å². The van der Waals surface area contributed by atoms with E-state index in [2.05, 4.69) is 9.80 Å². The molecule has 0 aromatic rings. The van der Waals surface area contributed by atoms with Crippen molar-refractivity contribution >= 4 is 10.0 Å². The van der Waals surface area contributed by atoms with Gasteiger partial charge in [0.1, 0.15) is 0 Å². The van der Waals surface area contributed by atoms with Crippen LogP contribution in [0.4, 0.5) is 0 Å². The van der Waals surface area contributed by atoms with E-state index in [-0.39, 0.29) is 0 Å². The molecule has 0 aliphatic carbocycles.